The van der Waals surface area contributed by atoms with E-state index in [1.807, 2.05) is 51.1 Å². The fraction of sp³-hybridized carbons (Fsp3) is 0.364. The first kappa shape index (κ1) is 21.0. The van der Waals surface area contributed by atoms with Gasteiger partial charge in [0.2, 0.25) is 11.8 Å². The van der Waals surface area contributed by atoms with E-state index < -0.39 is 6.04 Å². The van der Waals surface area contributed by atoms with Gasteiger partial charge < -0.3 is 10.2 Å². The number of rotatable bonds is 7. The monoisotopic (exact) mass is 386 g/mol. The number of nitrogens with one attached hydrogen (secondary N) is 1. The van der Waals surface area contributed by atoms with E-state index >= 15 is 0 Å². The Hall–Kier alpha value is -2.33. The predicted octanol–water partition coefficient (Wildman–Crippen LogP) is 4.05. The molecule has 0 saturated carbocycles. The third kappa shape index (κ3) is 5.57. The zero-order chi connectivity index (χ0) is 20.0. The third-order valence-corrected chi connectivity index (χ3v) is 4.94. The van der Waals surface area contributed by atoms with Crippen LogP contribution in [0.4, 0.5) is 0 Å². The summed E-state index contributed by atoms with van der Waals surface area (Å²) in [5, 5.41) is 3.26. The Balaban J connectivity index is 2.33. The van der Waals surface area contributed by atoms with Gasteiger partial charge in [-0.1, -0.05) is 66.0 Å². The van der Waals surface area contributed by atoms with Crippen molar-refractivity contribution in [1.82, 2.24) is 10.2 Å². The molecule has 4 nitrogen and oxygen atoms in total. The fourth-order valence-electron chi connectivity index (χ4n) is 3.34. The Bertz CT molecular complexity index is 799. The highest BCUT2D eigenvalue weighted by Gasteiger charge is 2.28. The molecule has 2 amide bonds. The van der Waals surface area contributed by atoms with E-state index in [4.69, 9.17) is 11.6 Å². The fourth-order valence-corrected chi connectivity index (χ4v) is 3.54. The molecular formula is C22H27ClN2O2. The standard InChI is InChI=1S/C22H27ClN2O2/c1-5-20(22(27)24-4)25(14-18-8-6-7-9-19(18)23)21(26)13-17-11-15(2)10-16(3)12-17/h6-12,20H,5,13-14H2,1-4H3,(H,24,27)/t20-/m1/s1. The van der Waals surface area contributed by atoms with Gasteiger partial charge >= 0.3 is 0 Å². The minimum atomic E-state index is -0.537. The molecule has 1 atom stereocenters. The molecule has 0 aliphatic rings. The Morgan fingerprint density at radius 2 is 1.74 bits per heavy atom. The summed E-state index contributed by atoms with van der Waals surface area (Å²) in [4.78, 5) is 27.2. The summed E-state index contributed by atoms with van der Waals surface area (Å²) in [5.74, 6) is -0.256. The van der Waals surface area contributed by atoms with Crippen molar-refractivity contribution >= 4 is 23.4 Å². The summed E-state index contributed by atoms with van der Waals surface area (Å²) in [6.07, 6.45) is 0.781. The molecule has 144 valence electrons. The van der Waals surface area contributed by atoms with Crippen molar-refractivity contribution < 1.29 is 9.59 Å². The van der Waals surface area contributed by atoms with E-state index in [1.165, 1.54) is 0 Å². The molecule has 2 aromatic rings. The molecule has 0 heterocycles. The molecule has 0 fully saturated rings. The highest BCUT2D eigenvalue weighted by molar-refractivity contribution is 6.31. The molecule has 2 aromatic carbocycles. The lowest BCUT2D eigenvalue weighted by atomic mass is 10.0. The summed E-state index contributed by atoms with van der Waals surface area (Å²) < 4.78 is 0. The van der Waals surface area contributed by atoms with E-state index in [0.717, 1.165) is 22.3 Å². The molecule has 0 aliphatic carbocycles. The Morgan fingerprint density at radius 1 is 1.11 bits per heavy atom. The number of carbonyl (C=O) groups excluding carboxylic acids is 2. The average molecular weight is 387 g/mol. The van der Waals surface area contributed by atoms with Gasteiger partial charge in [0, 0.05) is 18.6 Å². The molecule has 0 bridgehead atoms. The van der Waals surface area contributed by atoms with E-state index in [2.05, 4.69) is 11.4 Å². The quantitative estimate of drug-likeness (QED) is 0.780. The Morgan fingerprint density at radius 3 is 2.30 bits per heavy atom. The zero-order valence-corrected chi connectivity index (χ0v) is 17.1. The predicted molar refractivity (Wildman–Crippen MR) is 110 cm³/mol. The summed E-state index contributed by atoms with van der Waals surface area (Å²) >= 11 is 6.30. The van der Waals surface area contributed by atoms with Crippen LogP contribution < -0.4 is 5.32 Å². The van der Waals surface area contributed by atoms with Crippen LogP contribution in [0.1, 0.15) is 35.6 Å². The maximum Gasteiger partial charge on any atom is 0.242 e. The van der Waals surface area contributed by atoms with Crippen molar-refractivity contribution in [2.24, 2.45) is 0 Å². The number of likely N-dealkylation sites (N-methyl/N-ethyl adjacent to an activating group) is 1. The summed E-state index contributed by atoms with van der Waals surface area (Å²) in [6, 6.07) is 13.0. The molecule has 0 saturated heterocycles. The summed E-state index contributed by atoms with van der Waals surface area (Å²) in [5.41, 5.74) is 4.02. The lowest BCUT2D eigenvalue weighted by Crippen LogP contribution is -2.48. The second-order valence-corrected chi connectivity index (χ2v) is 7.23. The first-order valence-corrected chi connectivity index (χ1v) is 9.55. The largest absolute Gasteiger partial charge is 0.357 e. The lowest BCUT2D eigenvalue weighted by molar-refractivity contribution is -0.140. The Kier molecular flexibility index (Phi) is 7.43. The maximum absolute atomic E-state index is 13.2. The number of hydrogen-bond acceptors (Lipinski definition) is 2. The number of amides is 2. The molecule has 0 spiro atoms. The van der Waals surface area contributed by atoms with Crippen molar-refractivity contribution in [2.75, 3.05) is 7.05 Å². The van der Waals surface area contributed by atoms with Crippen LogP contribution in [0.15, 0.2) is 42.5 Å². The van der Waals surface area contributed by atoms with E-state index in [-0.39, 0.29) is 18.2 Å². The van der Waals surface area contributed by atoms with Gasteiger partial charge in [0.05, 0.1) is 6.42 Å². The van der Waals surface area contributed by atoms with E-state index in [9.17, 15) is 9.59 Å². The van der Waals surface area contributed by atoms with Crippen molar-refractivity contribution in [1.29, 1.82) is 0 Å². The van der Waals surface area contributed by atoms with Crippen LogP contribution in [0.25, 0.3) is 0 Å². The van der Waals surface area contributed by atoms with Crippen LogP contribution in [0.3, 0.4) is 0 Å². The van der Waals surface area contributed by atoms with Crippen LogP contribution >= 0.6 is 11.6 Å². The smallest absolute Gasteiger partial charge is 0.242 e. The lowest BCUT2D eigenvalue weighted by Gasteiger charge is -2.30. The number of carbonyl (C=O) groups is 2. The molecule has 0 aliphatic heterocycles. The number of benzene rings is 2. The second-order valence-electron chi connectivity index (χ2n) is 6.82. The van der Waals surface area contributed by atoms with Gasteiger partial charge in [-0.2, -0.15) is 0 Å². The number of halogens is 1. The first-order chi connectivity index (χ1) is 12.8. The van der Waals surface area contributed by atoms with Gasteiger partial charge in [0.25, 0.3) is 0 Å². The molecule has 1 N–H and O–H groups in total. The molecule has 5 heteroatoms. The van der Waals surface area contributed by atoms with Crippen molar-refractivity contribution in [3.8, 4) is 0 Å². The highest BCUT2D eigenvalue weighted by Crippen LogP contribution is 2.21. The zero-order valence-electron chi connectivity index (χ0n) is 16.4. The van der Waals surface area contributed by atoms with Crippen molar-refractivity contribution in [3.63, 3.8) is 0 Å². The minimum Gasteiger partial charge on any atom is -0.357 e. The molecule has 27 heavy (non-hydrogen) atoms. The van der Waals surface area contributed by atoms with Crippen LogP contribution in [0, 0.1) is 13.8 Å². The normalized spacial score (nSPS) is 11.7. The number of nitrogens with zero attached hydrogens (tertiary/aromatic N) is 1. The van der Waals surface area contributed by atoms with Gasteiger partial charge in [0.15, 0.2) is 0 Å². The number of aryl methyl sites for hydroxylation is 2. The molecule has 0 unspecified atom stereocenters. The van der Waals surface area contributed by atoms with Crippen LogP contribution in [-0.4, -0.2) is 29.8 Å². The van der Waals surface area contributed by atoms with Crippen molar-refractivity contribution in [3.05, 3.63) is 69.7 Å². The van der Waals surface area contributed by atoms with Gasteiger partial charge in [-0.15, -0.1) is 0 Å². The van der Waals surface area contributed by atoms with Crippen LogP contribution in [0.5, 0.6) is 0 Å². The average Bonchev–Trinajstić information content (AvgIpc) is 2.61. The van der Waals surface area contributed by atoms with Crippen LogP contribution in [0.2, 0.25) is 5.02 Å². The molecule has 2 rings (SSSR count). The van der Waals surface area contributed by atoms with Crippen molar-refractivity contribution in [2.45, 2.75) is 46.2 Å². The van der Waals surface area contributed by atoms with Gasteiger partial charge in [-0.05, 0) is 37.5 Å². The second kappa shape index (κ2) is 9.56. The molecular weight excluding hydrogens is 360 g/mol. The van der Waals surface area contributed by atoms with E-state index in [0.29, 0.717) is 18.0 Å². The summed E-state index contributed by atoms with van der Waals surface area (Å²) in [7, 11) is 1.59. The maximum atomic E-state index is 13.2. The SMILES string of the molecule is CC[C@H](C(=O)NC)N(Cc1ccccc1Cl)C(=O)Cc1cc(C)cc(C)c1. The third-order valence-electron chi connectivity index (χ3n) is 4.57. The van der Waals surface area contributed by atoms with E-state index in [1.54, 1.807) is 18.0 Å². The van der Waals surface area contributed by atoms with Gasteiger partial charge in [-0.3, -0.25) is 9.59 Å². The Labute approximate surface area is 166 Å². The van der Waals surface area contributed by atoms with Gasteiger partial charge in [0.1, 0.15) is 6.04 Å². The minimum absolute atomic E-state index is 0.0876. The molecule has 0 radical (unpaired) electrons. The summed E-state index contributed by atoms with van der Waals surface area (Å²) in [6.45, 7) is 6.24. The first-order valence-electron chi connectivity index (χ1n) is 9.17. The van der Waals surface area contributed by atoms with Crippen LogP contribution in [-0.2, 0) is 22.6 Å². The number of hydrogen-bond donors (Lipinski definition) is 1. The topological polar surface area (TPSA) is 49.4 Å². The molecule has 0 aromatic heterocycles. The highest BCUT2D eigenvalue weighted by atomic mass is 35.5. The van der Waals surface area contributed by atoms with Gasteiger partial charge in [-0.25, -0.2) is 0 Å².